The minimum absolute atomic E-state index is 0.183. The van der Waals surface area contributed by atoms with Crippen molar-refractivity contribution in [3.8, 4) is 0 Å². The number of carbonyl (C=O) groups excluding carboxylic acids is 1. The fourth-order valence-corrected chi connectivity index (χ4v) is 1.72. The molecule has 1 aromatic rings. The number of nitrogens with one attached hydrogen (secondary N) is 1. The summed E-state index contributed by atoms with van der Waals surface area (Å²) in [5.41, 5.74) is 0.940. The molecular formula is C12H18NO3P. The van der Waals surface area contributed by atoms with E-state index in [1.807, 2.05) is 44.2 Å². The van der Waals surface area contributed by atoms with E-state index in [4.69, 9.17) is 9.63 Å². The normalized spacial score (nSPS) is 12.9. The van der Waals surface area contributed by atoms with Crippen molar-refractivity contribution in [2.75, 3.05) is 0 Å². The lowest BCUT2D eigenvalue weighted by Gasteiger charge is -2.19. The molecule has 2 atom stereocenters. The van der Waals surface area contributed by atoms with Gasteiger partial charge in [-0.1, -0.05) is 44.2 Å². The molecule has 0 heterocycles. The van der Waals surface area contributed by atoms with Crippen LogP contribution in [0.5, 0.6) is 0 Å². The van der Waals surface area contributed by atoms with Crippen LogP contribution in [0, 0.1) is 5.92 Å². The molecule has 0 aromatic heterocycles. The highest BCUT2D eigenvalue weighted by molar-refractivity contribution is 7.32. The molecule has 2 unspecified atom stereocenters. The number of benzene rings is 1. The van der Waals surface area contributed by atoms with Crippen LogP contribution < -0.4 is 5.32 Å². The maximum absolute atomic E-state index is 11.5. The molecule has 1 aromatic carbocycles. The van der Waals surface area contributed by atoms with Crippen molar-refractivity contribution in [3.63, 3.8) is 0 Å². The minimum atomic E-state index is -0.492. The summed E-state index contributed by atoms with van der Waals surface area (Å²) in [6, 6.07) is 9.47. The van der Waals surface area contributed by atoms with E-state index in [-0.39, 0.29) is 27.1 Å². The summed E-state index contributed by atoms with van der Waals surface area (Å²) >= 11 is 0. The first-order valence-electron chi connectivity index (χ1n) is 5.50. The van der Waals surface area contributed by atoms with Gasteiger partial charge in [0.25, 0.3) is 0 Å². The molecule has 0 aliphatic rings. The van der Waals surface area contributed by atoms with E-state index in [1.54, 1.807) is 0 Å². The molecule has 17 heavy (non-hydrogen) atoms. The Hall–Kier alpha value is -1.12. The molecule has 1 amide bonds. The summed E-state index contributed by atoms with van der Waals surface area (Å²) in [5.74, 6) is -0.0547. The molecule has 0 radical (unpaired) electrons. The maximum atomic E-state index is 11.5. The Kier molecular flexibility index (Phi) is 5.95. The third-order valence-electron chi connectivity index (χ3n) is 2.29. The van der Waals surface area contributed by atoms with E-state index < -0.39 is 6.09 Å². The van der Waals surface area contributed by atoms with E-state index in [1.165, 1.54) is 0 Å². The Balaban J connectivity index is 2.35. The molecule has 2 N–H and O–H groups in total. The van der Waals surface area contributed by atoms with Crippen LogP contribution in [0.2, 0.25) is 0 Å². The van der Waals surface area contributed by atoms with Gasteiger partial charge in [-0.2, -0.15) is 0 Å². The fraction of sp³-hybridized carbons (Fsp3) is 0.417. The van der Waals surface area contributed by atoms with Crippen LogP contribution in [0.25, 0.3) is 0 Å². The summed E-state index contributed by atoms with van der Waals surface area (Å²) in [4.78, 5) is 20.5. The molecular weight excluding hydrogens is 237 g/mol. The highest BCUT2D eigenvalue weighted by Gasteiger charge is 2.15. The van der Waals surface area contributed by atoms with Crippen molar-refractivity contribution in [3.05, 3.63) is 35.9 Å². The summed E-state index contributed by atoms with van der Waals surface area (Å²) in [7, 11) is -0.319. The average molecular weight is 255 g/mol. The van der Waals surface area contributed by atoms with Crippen molar-refractivity contribution in [2.45, 2.75) is 26.2 Å². The van der Waals surface area contributed by atoms with Gasteiger partial charge in [0.05, 0.1) is 5.78 Å². The second-order valence-corrected chi connectivity index (χ2v) is 4.94. The fourth-order valence-electron chi connectivity index (χ4n) is 1.24. The zero-order valence-corrected chi connectivity index (χ0v) is 11.0. The number of alkyl carbamates (subject to hydrolysis) is 1. The number of hydrogen-bond donors (Lipinski definition) is 2. The van der Waals surface area contributed by atoms with Crippen LogP contribution >= 0.6 is 8.81 Å². The molecule has 0 saturated carbocycles. The molecule has 4 nitrogen and oxygen atoms in total. The van der Waals surface area contributed by atoms with Crippen molar-refractivity contribution in [1.82, 2.24) is 5.32 Å². The largest absolute Gasteiger partial charge is 0.445 e. The van der Waals surface area contributed by atoms with E-state index in [0.29, 0.717) is 0 Å². The second kappa shape index (κ2) is 7.25. The number of rotatable bonds is 5. The van der Waals surface area contributed by atoms with E-state index >= 15 is 0 Å². The van der Waals surface area contributed by atoms with Gasteiger partial charge in [-0.05, 0) is 11.5 Å². The van der Waals surface area contributed by atoms with E-state index in [0.717, 1.165) is 5.56 Å². The zero-order valence-electron chi connectivity index (χ0n) is 10.0. The number of ether oxygens (including phenoxy) is 1. The van der Waals surface area contributed by atoms with Crippen molar-refractivity contribution >= 4 is 14.9 Å². The van der Waals surface area contributed by atoms with Gasteiger partial charge in [0, 0.05) is 8.81 Å². The van der Waals surface area contributed by atoms with Crippen LogP contribution in [0.3, 0.4) is 0 Å². The number of hydrogen-bond acceptors (Lipinski definition) is 3. The quantitative estimate of drug-likeness (QED) is 0.795. The monoisotopic (exact) mass is 255 g/mol. The summed E-state index contributed by atoms with van der Waals surface area (Å²) in [6.07, 6.45) is -0.492. The Labute approximate surface area is 103 Å². The van der Waals surface area contributed by atoms with Crippen molar-refractivity contribution < 1.29 is 14.4 Å². The lowest BCUT2D eigenvalue weighted by molar-refractivity contribution is 0.136. The summed E-state index contributed by atoms with van der Waals surface area (Å²) < 4.78 is 5.05. The third-order valence-corrected chi connectivity index (χ3v) is 3.38. The first-order valence-corrected chi connectivity index (χ1v) is 6.52. The lowest BCUT2D eigenvalue weighted by Crippen LogP contribution is -2.35. The SMILES string of the molecule is CC(C)C(NC(=O)OCc1ccccc1)PO. The van der Waals surface area contributed by atoms with E-state index in [2.05, 4.69) is 5.32 Å². The third kappa shape index (κ3) is 5.16. The van der Waals surface area contributed by atoms with E-state index in [9.17, 15) is 4.79 Å². The van der Waals surface area contributed by atoms with Crippen molar-refractivity contribution in [1.29, 1.82) is 0 Å². The van der Waals surface area contributed by atoms with Crippen LogP contribution in [0.1, 0.15) is 19.4 Å². The number of carbonyl (C=O) groups is 1. The predicted octanol–water partition coefficient (Wildman–Crippen LogP) is 2.48. The van der Waals surface area contributed by atoms with Gasteiger partial charge in [0.2, 0.25) is 0 Å². The molecule has 0 aliphatic heterocycles. The first-order chi connectivity index (χ1) is 8.13. The van der Waals surface area contributed by atoms with Gasteiger partial charge in [-0.25, -0.2) is 4.79 Å². The van der Waals surface area contributed by atoms with Crippen LogP contribution in [-0.2, 0) is 11.3 Å². The standard InChI is InChI=1S/C12H18NO3P/c1-9(2)11(17-15)13-12(14)16-8-10-6-4-3-5-7-10/h3-7,9,11,15,17H,8H2,1-2H3,(H,13,14). The molecule has 1 rings (SSSR count). The number of amides is 1. The molecule has 0 saturated heterocycles. The van der Waals surface area contributed by atoms with Crippen LogP contribution in [0.4, 0.5) is 4.79 Å². The molecule has 0 aliphatic carbocycles. The van der Waals surface area contributed by atoms with Crippen molar-refractivity contribution in [2.24, 2.45) is 5.92 Å². The molecule has 0 fully saturated rings. The zero-order chi connectivity index (χ0) is 12.7. The van der Waals surface area contributed by atoms with Gasteiger partial charge in [-0.3, -0.25) is 0 Å². The molecule has 5 heteroatoms. The Morgan fingerprint density at radius 1 is 1.41 bits per heavy atom. The van der Waals surface area contributed by atoms with Crippen LogP contribution in [-0.4, -0.2) is 16.8 Å². The summed E-state index contributed by atoms with van der Waals surface area (Å²) in [6.45, 7) is 4.11. The highest BCUT2D eigenvalue weighted by Crippen LogP contribution is 2.18. The predicted molar refractivity (Wildman–Crippen MR) is 68.9 cm³/mol. The van der Waals surface area contributed by atoms with Gasteiger partial charge in [0.15, 0.2) is 0 Å². The second-order valence-electron chi connectivity index (χ2n) is 4.06. The topological polar surface area (TPSA) is 58.6 Å². The van der Waals surface area contributed by atoms with Gasteiger partial charge < -0.3 is 14.9 Å². The maximum Gasteiger partial charge on any atom is 0.408 e. The van der Waals surface area contributed by atoms with Gasteiger partial charge >= 0.3 is 6.09 Å². The van der Waals surface area contributed by atoms with Gasteiger partial charge in [0.1, 0.15) is 6.61 Å². The Morgan fingerprint density at radius 2 is 2.06 bits per heavy atom. The smallest absolute Gasteiger partial charge is 0.408 e. The molecule has 94 valence electrons. The Morgan fingerprint density at radius 3 is 2.59 bits per heavy atom. The minimum Gasteiger partial charge on any atom is -0.445 e. The summed E-state index contributed by atoms with van der Waals surface area (Å²) in [5, 5.41) is 2.64. The average Bonchev–Trinajstić information content (AvgIpc) is 2.34. The lowest BCUT2D eigenvalue weighted by atomic mass is 10.2. The first kappa shape index (κ1) is 13.9. The molecule has 0 bridgehead atoms. The highest BCUT2D eigenvalue weighted by atomic mass is 31.1. The Bertz CT molecular complexity index is 343. The molecule has 0 spiro atoms. The van der Waals surface area contributed by atoms with Crippen LogP contribution in [0.15, 0.2) is 30.3 Å². The van der Waals surface area contributed by atoms with Gasteiger partial charge in [-0.15, -0.1) is 0 Å².